The van der Waals surface area contributed by atoms with Crippen LogP contribution >= 0.6 is 0 Å². The van der Waals surface area contributed by atoms with Gasteiger partial charge in [-0.3, -0.25) is 4.79 Å². The van der Waals surface area contributed by atoms with E-state index in [4.69, 9.17) is 0 Å². The fraction of sp³-hybridized carbons (Fsp3) is 0.0667. The van der Waals surface area contributed by atoms with Gasteiger partial charge in [0.2, 0.25) is 0 Å². The third-order valence-electron chi connectivity index (χ3n) is 3.16. The highest BCUT2D eigenvalue weighted by Crippen LogP contribution is 2.30. The molecule has 1 heterocycles. The molecule has 0 spiro atoms. The fourth-order valence-electron chi connectivity index (χ4n) is 2.17. The molecule has 5 nitrogen and oxygen atoms in total. The van der Waals surface area contributed by atoms with Crippen molar-refractivity contribution in [2.24, 2.45) is 0 Å². The summed E-state index contributed by atoms with van der Waals surface area (Å²) in [5.41, 5.74) is 0.462. The molecule has 23 heavy (non-hydrogen) atoms. The van der Waals surface area contributed by atoms with Crippen molar-refractivity contribution in [3.8, 4) is 0 Å². The van der Waals surface area contributed by atoms with E-state index in [0.29, 0.717) is 16.9 Å². The summed E-state index contributed by atoms with van der Waals surface area (Å²) in [5.74, 6) is -0.272. The van der Waals surface area contributed by atoms with Gasteiger partial charge in [-0.2, -0.15) is 13.2 Å². The topological polar surface area (TPSA) is 70.2 Å². The normalized spacial score (nSPS) is 12.7. The lowest BCUT2D eigenvalue weighted by Crippen LogP contribution is -2.19. The smallest absolute Gasteiger partial charge is 0.322 e. The molecule has 2 bridgehead atoms. The van der Waals surface area contributed by atoms with Crippen molar-refractivity contribution in [2.75, 3.05) is 16.0 Å². The quantitative estimate of drug-likeness (QED) is 0.785. The highest BCUT2D eigenvalue weighted by Gasteiger charge is 2.30. The average molecular weight is 321 g/mol. The van der Waals surface area contributed by atoms with Crippen molar-refractivity contribution in [1.29, 1.82) is 0 Å². The maximum absolute atomic E-state index is 12.6. The number of fused-ring (bicyclic) bond motifs is 2. The summed E-state index contributed by atoms with van der Waals surface area (Å²) >= 11 is 0. The van der Waals surface area contributed by atoms with Gasteiger partial charge in [-0.05, 0) is 36.4 Å². The number of rotatable bonds is 2. The summed E-state index contributed by atoms with van der Waals surface area (Å²) in [6, 6.07) is 8.23. The molecule has 3 N–H and O–H groups in total. The van der Waals surface area contributed by atoms with Crippen LogP contribution in [-0.2, 0) is 6.18 Å². The van der Waals surface area contributed by atoms with Crippen LogP contribution in [0.3, 0.4) is 0 Å². The van der Waals surface area contributed by atoms with Gasteiger partial charge in [0.25, 0.3) is 5.91 Å². The Hall–Kier alpha value is -3.03. The maximum atomic E-state index is 12.6. The number of anilines is 3. The largest absolute Gasteiger partial charge is 0.416 e. The fourth-order valence-corrected chi connectivity index (χ4v) is 2.17. The Morgan fingerprint density at radius 2 is 1.74 bits per heavy atom. The molecule has 0 unspecified atom stereocenters. The second-order valence-electron chi connectivity index (χ2n) is 4.91. The molecule has 1 aliphatic rings. The molecule has 0 atom stereocenters. The molecular formula is C15H10F3N3O2. The van der Waals surface area contributed by atoms with Crippen molar-refractivity contribution in [2.45, 2.75) is 6.18 Å². The van der Waals surface area contributed by atoms with Crippen LogP contribution in [0.5, 0.6) is 0 Å². The first-order valence-electron chi connectivity index (χ1n) is 6.53. The SMILES string of the molecule is O=C(Nc1cc2cc(c1)C(=O)N2)Nc1cccc(C(F)(F)F)c1. The summed E-state index contributed by atoms with van der Waals surface area (Å²) in [4.78, 5) is 23.3. The van der Waals surface area contributed by atoms with Gasteiger partial charge in [-0.1, -0.05) is 6.07 Å². The monoisotopic (exact) mass is 321 g/mol. The Labute approximate surface area is 128 Å². The summed E-state index contributed by atoms with van der Waals surface area (Å²) in [6.07, 6.45) is -4.48. The Balaban J connectivity index is 1.71. The molecule has 8 heteroatoms. The van der Waals surface area contributed by atoms with Crippen molar-refractivity contribution in [1.82, 2.24) is 0 Å². The van der Waals surface area contributed by atoms with E-state index in [-0.39, 0.29) is 11.6 Å². The Kier molecular flexibility index (Phi) is 3.44. The van der Waals surface area contributed by atoms with Gasteiger partial charge in [0.1, 0.15) is 0 Å². The van der Waals surface area contributed by atoms with Crippen molar-refractivity contribution >= 4 is 29.0 Å². The zero-order chi connectivity index (χ0) is 16.6. The minimum absolute atomic E-state index is 0.0118. The Bertz CT molecular complexity index is 803. The molecule has 0 radical (unpaired) electrons. The second-order valence-corrected chi connectivity index (χ2v) is 4.91. The number of carbonyl (C=O) groups is 2. The lowest BCUT2D eigenvalue weighted by molar-refractivity contribution is -0.137. The maximum Gasteiger partial charge on any atom is 0.416 e. The minimum Gasteiger partial charge on any atom is -0.322 e. The zero-order valence-corrected chi connectivity index (χ0v) is 11.5. The van der Waals surface area contributed by atoms with E-state index in [1.165, 1.54) is 18.2 Å². The van der Waals surface area contributed by atoms with E-state index in [1.807, 2.05) is 0 Å². The van der Waals surface area contributed by atoms with Gasteiger partial charge in [0.05, 0.1) is 5.56 Å². The molecule has 1 aliphatic heterocycles. The number of carbonyl (C=O) groups excluding carboxylic acids is 2. The van der Waals surface area contributed by atoms with E-state index < -0.39 is 17.8 Å². The van der Waals surface area contributed by atoms with Crippen LogP contribution in [-0.4, -0.2) is 11.9 Å². The molecule has 3 rings (SSSR count). The summed E-state index contributed by atoms with van der Waals surface area (Å²) in [7, 11) is 0. The van der Waals surface area contributed by atoms with Crippen LogP contribution in [0.1, 0.15) is 15.9 Å². The van der Waals surface area contributed by atoms with Crippen LogP contribution in [0.15, 0.2) is 42.5 Å². The van der Waals surface area contributed by atoms with Gasteiger partial charge in [-0.15, -0.1) is 0 Å². The molecular weight excluding hydrogens is 311 g/mol. The van der Waals surface area contributed by atoms with E-state index in [9.17, 15) is 22.8 Å². The van der Waals surface area contributed by atoms with Crippen LogP contribution in [0.25, 0.3) is 0 Å². The van der Waals surface area contributed by atoms with Gasteiger partial charge >= 0.3 is 12.2 Å². The van der Waals surface area contributed by atoms with Gasteiger partial charge in [-0.25, -0.2) is 4.79 Å². The molecule has 0 fully saturated rings. The van der Waals surface area contributed by atoms with Gasteiger partial charge in [0, 0.05) is 22.6 Å². The predicted octanol–water partition coefficient (Wildman–Crippen LogP) is 3.92. The summed E-state index contributed by atoms with van der Waals surface area (Å²) < 4.78 is 37.9. The molecule has 0 saturated carbocycles. The summed E-state index contributed by atoms with van der Waals surface area (Å²) in [5, 5.41) is 7.36. The van der Waals surface area contributed by atoms with Crippen LogP contribution in [0, 0.1) is 0 Å². The van der Waals surface area contributed by atoms with Crippen LogP contribution in [0.4, 0.5) is 35.0 Å². The van der Waals surface area contributed by atoms with Crippen molar-refractivity contribution < 1.29 is 22.8 Å². The number of urea groups is 1. The minimum atomic E-state index is -4.48. The van der Waals surface area contributed by atoms with E-state index in [2.05, 4.69) is 16.0 Å². The third kappa shape index (κ3) is 3.25. The molecule has 2 aromatic carbocycles. The number of halogens is 3. The first kappa shape index (κ1) is 14.9. The Morgan fingerprint density at radius 3 is 2.43 bits per heavy atom. The van der Waals surface area contributed by atoms with Gasteiger partial charge in [0.15, 0.2) is 0 Å². The standard InChI is InChI=1S/C15H10F3N3O2/c16-15(17,18)9-2-1-3-10(6-9)20-14(23)21-12-5-8-4-11(7-12)19-13(8)22/h1-7H,(H,19,22)(H2,20,21,23). The molecule has 118 valence electrons. The second kappa shape index (κ2) is 5.31. The molecule has 0 aliphatic carbocycles. The number of hydrogen-bond donors (Lipinski definition) is 3. The molecule has 0 aromatic heterocycles. The number of benzene rings is 2. The number of hydrogen-bond acceptors (Lipinski definition) is 2. The first-order valence-corrected chi connectivity index (χ1v) is 6.53. The van der Waals surface area contributed by atoms with E-state index >= 15 is 0 Å². The Morgan fingerprint density at radius 1 is 1.00 bits per heavy atom. The molecule has 2 aromatic rings. The first-order chi connectivity index (χ1) is 10.8. The number of alkyl halides is 3. The average Bonchev–Trinajstić information content (AvgIpc) is 2.71. The molecule has 0 saturated heterocycles. The van der Waals surface area contributed by atoms with Crippen molar-refractivity contribution in [3.63, 3.8) is 0 Å². The third-order valence-corrected chi connectivity index (χ3v) is 3.16. The van der Waals surface area contributed by atoms with Gasteiger partial charge < -0.3 is 16.0 Å². The summed E-state index contributed by atoms with van der Waals surface area (Å²) in [6.45, 7) is 0. The van der Waals surface area contributed by atoms with Crippen LogP contribution < -0.4 is 16.0 Å². The zero-order valence-electron chi connectivity index (χ0n) is 11.5. The highest BCUT2D eigenvalue weighted by atomic mass is 19.4. The molecule has 3 amide bonds. The lowest BCUT2D eigenvalue weighted by Gasteiger charge is -2.10. The van der Waals surface area contributed by atoms with Crippen molar-refractivity contribution in [3.05, 3.63) is 53.6 Å². The van der Waals surface area contributed by atoms with E-state index in [1.54, 1.807) is 12.1 Å². The highest BCUT2D eigenvalue weighted by molar-refractivity contribution is 6.11. The number of amides is 3. The van der Waals surface area contributed by atoms with E-state index in [0.717, 1.165) is 12.1 Å². The van der Waals surface area contributed by atoms with Crippen LogP contribution in [0.2, 0.25) is 0 Å². The predicted molar refractivity (Wildman–Crippen MR) is 78.5 cm³/mol. The lowest BCUT2D eigenvalue weighted by atomic mass is 10.2. The number of nitrogens with one attached hydrogen (secondary N) is 3.